The van der Waals surface area contributed by atoms with E-state index in [1.54, 1.807) is 17.4 Å². The highest BCUT2D eigenvalue weighted by atomic mass is 16.6. The van der Waals surface area contributed by atoms with Crippen LogP contribution in [0, 0.1) is 0 Å². The fraction of sp³-hybridized carbons (Fsp3) is 0.500. The number of imidazole rings is 1. The van der Waals surface area contributed by atoms with Crippen LogP contribution < -0.4 is 5.32 Å². The molecular formula is C22H31N5O3. The highest BCUT2D eigenvalue weighted by molar-refractivity contribution is 5.94. The first kappa shape index (κ1) is 21.8. The van der Waals surface area contributed by atoms with Crippen LogP contribution in [0.3, 0.4) is 0 Å². The summed E-state index contributed by atoms with van der Waals surface area (Å²) in [6.07, 6.45) is 5.17. The maximum absolute atomic E-state index is 12.4. The van der Waals surface area contributed by atoms with Crippen LogP contribution in [0.2, 0.25) is 0 Å². The summed E-state index contributed by atoms with van der Waals surface area (Å²) in [6, 6.07) is 7.62. The molecule has 0 bridgehead atoms. The average molecular weight is 414 g/mol. The molecule has 1 aromatic heterocycles. The van der Waals surface area contributed by atoms with Crippen LogP contribution in [0.15, 0.2) is 43.0 Å². The van der Waals surface area contributed by atoms with Gasteiger partial charge in [-0.05, 0) is 38.5 Å². The lowest BCUT2D eigenvalue weighted by Gasteiger charge is -2.35. The third kappa shape index (κ3) is 6.59. The monoisotopic (exact) mass is 413 g/mol. The SMILES string of the molecule is CC(C)(C)OC(=O)N1CCN(CCNC(=O)c2ccc(Cn3ccnc3)cc2)CC1. The molecule has 0 atom stereocenters. The molecule has 1 aliphatic rings. The largest absolute Gasteiger partial charge is 0.444 e. The minimum atomic E-state index is -0.476. The van der Waals surface area contributed by atoms with E-state index >= 15 is 0 Å². The second-order valence-corrected chi connectivity index (χ2v) is 8.50. The molecule has 3 rings (SSSR count). The van der Waals surface area contributed by atoms with Crippen LogP contribution in [-0.4, -0.2) is 76.2 Å². The summed E-state index contributed by atoms with van der Waals surface area (Å²) in [5, 5.41) is 2.98. The minimum absolute atomic E-state index is 0.0726. The Morgan fingerprint density at radius 2 is 1.80 bits per heavy atom. The van der Waals surface area contributed by atoms with Gasteiger partial charge in [0.05, 0.1) is 6.33 Å². The van der Waals surface area contributed by atoms with Crippen LogP contribution >= 0.6 is 0 Å². The number of nitrogens with zero attached hydrogens (tertiary/aromatic N) is 4. The molecule has 0 radical (unpaired) electrons. The van der Waals surface area contributed by atoms with Gasteiger partial charge >= 0.3 is 6.09 Å². The van der Waals surface area contributed by atoms with Crippen molar-refractivity contribution in [3.63, 3.8) is 0 Å². The lowest BCUT2D eigenvalue weighted by Crippen LogP contribution is -2.51. The van der Waals surface area contributed by atoms with Gasteiger partial charge in [-0.15, -0.1) is 0 Å². The first-order chi connectivity index (χ1) is 14.3. The van der Waals surface area contributed by atoms with Gasteiger partial charge in [0, 0.05) is 63.8 Å². The second-order valence-electron chi connectivity index (χ2n) is 8.50. The number of benzene rings is 1. The van der Waals surface area contributed by atoms with Gasteiger partial charge in [-0.2, -0.15) is 0 Å². The molecular weight excluding hydrogens is 382 g/mol. The summed E-state index contributed by atoms with van der Waals surface area (Å²) in [7, 11) is 0. The molecule has 1 saturated heterocycles. The predicted octanol–water partition coefficient (Wildman–Crippen LogP) is 2.21. The first-order valence-electron chi connectivity index (χ1n) is 10.3. The van der Waals surface area contributed by atoms with Gasteiger partial charge < -0.3 is 19.5 Å². The molecule has 1 aliphatic heterocycles. The van der Waals surface area contributed by atoms with Crippen molar-refractivity contribution >= 4 is 12.0 Å². The van der Waals surface area contributed by atoms with E-state index in [2.05, 4.69) is 15.2 Å². The molecule has 1 aromatic carbocycles. The van der Waals surface area contributed by atoms with Crippen molar-refractivity contribution in [2.24, 2.45) is 0 Å². The summed E-state index contributed by atoms with van der Waals surface area (Å²) in [5.41, 5.74) is 1.29. The normalized spacial score (nSPS) is 15.1. The molecule has 2 amide bonds. The molecule has 0 spiro atoms. The van der Waals surface area contributed by atoms with E-state index < -0.39 is 5.60 Å². The Labute approximate surface area is 177 Å². The fourth-order valence-electron chi connectivity index (χ4n) is 3.26. The number of aromatic nitrogens is 2. The van der Waals surface area contributed by atoms with Crippen molar-refractivity contribution in [2.75, 3.05) is 39.3 Å². The maximum Gasteiger partial charge on any atom is 0.410 e. The Hall–Kier alpha value is -2.87. The Balaban J connectivity index is 1.36. The van der Waals surface area contributed by atoms with Crippen LogP contribution in [0.5, 0.6) is 0 Å². The number of piperazine rings is 1. The van der Waals surface area contributed by atoms with Crippen LogP contribution in [0.1, 0.15) is 36.7 Å². The molecule has 0 unspecified atom stereocenters. The molecule has 1 fully saturated rings. The van der Waals surface area contributed by atoms with E-state index in [4.69, 9.17) is 4.74 Å². The molecule has 162 valence electrons. The maximum atomic E-state index is 12.4. The standard InChI is InChI=1S/C22H31N5O3/c1-22(2,3)30-21(29)27-14-12-25(13-15-27)11-9-24-20(28)19-6-4-18(5-7-19)16-26-10-8-23-17-26/h4-8,10,17H,9,11-16H2,1-3H3,(H,24,28). The molecule has 0 saturated carbocycles. The third-order valence-electron chi connectivity index (χ3n) is 4.88. The number of nitrogens with one attached hydrogen (secondary N) is 1. The number of hydrogen-bond acceptors (Lipinski definition) is 5. The minimum Gasteiger partial charge on any atom is -0.444 e. The number of rotatable bonds is 6. The van der Waals surface area contributed by atoms with E-state index in [0.29, 0.717) is 25.2 Å². The topological polar surface area (TPSA) is 79.7 Å². The molecule has 8 nitrogen and oxygen atoms in total. The van der Waals surface area contributed by atoms with E-state index in [9.17, 15) is 9.59 Å². The van der Waals surface area contributed by atoms with E-state index in [0.717, 1.165) is 31.7 Å². The summed E-state index contributed by atoms with van der Waals surface area (Å²) >= 11 is 0. The number of amides is 2. The van der Waals surface area contributed by atoms with Crippen LogP contribution in [0.4, 0.5) is 4.79 Å². The van der Waals surface area contributed by atoms with Crippen LogP contribution in [0.25, 0.3) is 0 Å². The molecule has 8 heteroatoms. The molecule has 2 heterocycles. The molecule has 2 aromatic rings. The van der Waals surface area contributed by atoms with Gasteiger partial charge in [0.1, 0.15) is 5.60 Å². The smallest absolute Gasteiger partial charge is 0.410 e. The summed E-state index contributed by atoms with van der Waals surface area (Å²) in [6.45, 7) is 10.5. The Kier molecular flexibility index (Phi) is 7.10. The Morgan fingerprint density at radius 3 is 2.40 bits per heavy atom. The van der Waals surface area contributed by atoms with Gasteiger partial charge in [0.2, 0.25) is 0 Å². The summed E-state index contributed by atoms with van der Waals surface area (Å²) in [4.78, 5) is 32.5. The predicted molar refractivity (Wildman–Crippen MR) is 114 cm³/mol. The zero-order chi connectivity index (χ0) is 21.6. The van der Waals surface area contributed by atoms with Gasteiger partial charge in [-0.3, -0.25) is 9.69 Å². The van der Waals surface area contributed by atoms with Gasteiger partial charge in [-0.1, -0.05) is 12.1 Å². The van der Waals surface area contributed by atoms with E-state index in [1.165, 1.54) is 0 Å². The number of ether oxygens (including phenoxy) is 1. The molecule has 30 heavy (non-hydrogen) atoms. The number of hydrogen-bond donors (Lipinski definition) is 1. The number of carbonyl (C=O) groups is 2. The van der Waals surface area contributed by atoms with Crippen molar-refractivity contribution in [1.29, 1.82) is 0 Å². The Bertz CT molecular complexity index is 819. The summed E-state index contributed by atoms with van der Waals surface area (Å²) in [5.74, 6) is -0.0726. The fourth-order valence-corrected chi connectivity index (χ4v) is 3.26. The molecule has 1 N–H and O–H groups in total. The van der Waals surface area contributed by atoms with Crippen molar-refractivity contribution in [3.8, 4) is 0 Å². The van der Waals surface area contributed by atoms with Crippen molar-refractivity contribution in [2.45, 2.75) is 32.9 Å². The Morgan fingerprint density at radius 1 is 1.10 bits per heavy atom. The second kappa shape index (κ2) is 9.75. The van der Waals surface area contributed by atoms with Gasteiger partial charge in [0.15, 0.2) is 0 Å². The van der Waals surface area contributed by atoms with Crippen molar-refractivity contribution in [3.05, 3.63) is 54.1 Å². The average Bonchev–Trinajstić information content (AvgIpc) is 3.21. The first-order valence-corrected chi connectivity index (χ1v) is 10.3. The van der Waals surface area contributed by atoms with Crippen LogP contribution in [-0.2, 0) is 11.3 Å². The zero-order valence-electron chi connectivity index (χ0n) is 18.0. The van der Waals surface area contributed by atoms with E-state index in [1.807, 2.05) is 55.8 Å². The lowest BCUT2D eigenvalue weighted by atomic mass is 10.1. The van der Waals surface area contributed by atoms with Gasteiger partial charge in [0.25, 0.3) is 5.91 Å². The van der Waals surface area contributed by atoms with Gasteiger partial charge in [-0.25, -0.2) is 9.78 Å². The highest BCUT2D eigenvalue weighted by Crippen LogP contribution is 2.12. The lowest BCUT2D eigenvalue weighted by molar-refractivity contribution is 0.0147. The summed E-state index contributed by atoms with van der Waals surface area (Å²) < 4.78 is 7.40. The molecule has 0 aliphatic carbocycles. The zero-order valence-corrected chi connectivity index (χ0v) is 18.0. The van der Waals surface area contributed by atoms with Crippen molar-refractivity contribution in [1.82, 2.24) is 24.7 Å². The van der Waals surface area contributed by atoms with Crippen molar-refractivity contribution < 1.29 is 14.3 Å². The van der Waals surface area contributed by atoms with E-state index in [-0.39, 0.29) is 12.0 Å². The number of carbonyl (C=O) groups excluding carboxylic acids is 2. The third-order valence-corrected chi connectivity index (χ3v) is 4.88. The quantitative estimate of drug-likeness (QED) is 0.786. The highest BCUT2D eigenvalue weighted by Gasteiger charge is 2.25.